The summed E-state index contributed by atoms with van der Waals surface area (Å²) in [5.41, 5.74) is 3.36. The van der Waals surface area contributed by atoms with Gasteiger partial charge in [0, 0.05) is 18.2 Å². The first-order valence-electron chi connectivity index (χ1n) is 18.5. The van der Waals surface area contributed by atoms with Crippen molar-refractivity contribution in [2.75, 3.05) is 5.75 Å². The Morgan fingerprint density at radius 3 is 1.66 bits per heavy atom. The Kier molecular flexibility index (Phi) is 12.1. The van der Waals surface area contributed by atoms with Crippen molar-refractivity contribution in [2.45, 2.75) is 43.1 Å². The van der Waals surface area contributed by atoms with E-state index in [1.807, 2.05) is 103 Å². The fourth-order valence-corrected chi connectivity index (χ4v) is 8.32. The molecule has 2 amide bonds. The van der Waals surface area contributed by atoms with Gasteiger partial charge in [0.2, 0.25) is 12.0 Å². The fourth-order valence-electron chi connectivity index (χ4n) is 6.95. The Balaban J connectivity index is 1.10. The molecule has 1 saturated heterocycles. The molecule has 1 fully saturated rings. The third kappa shape index (κ3) is 8.55. The van der Waals surface area contributed by atoms with Gasteiger partial charge in [-0.2, -0.15) is 5.26 Å². The number of carbonyl (C=O) groups is 5. The summed E-state index contributed by atoms with van der Waals surface area (Å²) in [7, 11) is 0. The molecular weight excluding hydrogens is 755 g/mol. The molecule has 2 aliphatic rings. The number of hydrogen-bond donors (Lipinski definition) is 1. The first-order valence-corrected chi connectivity index (χ1v) is 19.5. The van der Waals surface area contributed by atoms with Crippen molar-refractivity contribution < 1.29 is 38.2 Å². The Morgan fingerprint density at radius 1 is 0.707 bits per heavy atom. The van der Waals surface area contributed by atoms with Crippen LogP contribution in [0, 0.1) is 11.3 Å². The van der Waals surface area contributed by atoms with Gasteiger partial charge in [-0.15, -0.1) is 11.8 Å². The minimum atomic E-state index is -1.47. The molecule has 0 aromatic heterocycles. The van der Waals surface area contributed by atoms with Gasteiger partial charge in [-0.05, 0) is 33.9 Å². The number of nitrogens with zero attached hydrogens (tertiary/aromatic N) is 2. The van der Waals surface area contributed by atoms with E-state index < -0.39 is 59.4 Å². The highest BCUT2D eigenvalue weighted by Crippen LogP contribution is 2.43. The van der Waals surface area contributed by atoms with Gasteiger partial charge in [-0.3, -0.25) is 19.3 Å². The van der Waals surface area contributed by atoms with Crippen LogP contribution >= 0.6 is 11.8 Å². The summed E-state index contributed by atoms with van der Waals surface area (Å²) in [6, 6.07) is 44.3. The molecule has 2 heterocycles. The van der Waals surface area contributed by atoms with Crippen LogP contribution in [-0.4, -0.2) is 57.9 Å². The van der Waals surface area contributed by atoms with Crippen LogP contribution < -0.4 is 5.32 Å². The molecule has 1 N–H and O–H groups in total. The topological polar surface area (TPSA) is 152 Å². The molecule has 0 bridgehead atoms. The quantitative estimate of drug-likeness (QED) is 0.0783. The Hall–Kier alpha value is -6.97. The van der Waals surface area contributed by atoms with Crippen LogP contribution in [0.1, 0.15) is 57.3 Å². The summed E-state index contributed by atoms with van der Waals surface area (Å²) in [6.07, 6.45) is -3.29. The number of nitriles is 1. The number of β-lactam (4-membered cyclic amide) rings is 1. The minimum absolute atomic E-state index is 0.0246. The van der Waals surface area contributed by atoms with E-state index in [0.717, 1.165) is 18.1 Å². The Bertz CT molecular complexity index is 2310. The smallest absolute Gasteiger partial charge is 0.356 e. The number of ether oxygens (including phenoxy) is 3. The lowest BCUT2D eigenvalue weighted by Gasteiger charge is -2.50. The molecule has 5 aromatic carbocycles. The van der Waals surface area contributed by atoms with Gasteiger partial charge in [0.1, 0.15) is 23.2 Å². The third-order valence-electron chi connectivity index (χ3n) is 9.67. The molecular formula is C46H37N3O8S. The maximum absolute atomic E-state index is 14.3. The van der Waals surface area contributed by atoms with Gasteiger partial charge >= 0.3 is 17.9 Å². The predicted molar refractivity (Wildman–Crippen MR) is 214 cm³/mol. The van der Waals surface area contributed by atoms with Crippen LogP contribution in [0.3, 0.4) is 0 Å². The Morgan fingerprint density at radius 2 is 1.17 bits per heavy atom. The summed E-state index contributed by atoms with van der Waals surface area (Å²) >= 11 is 1.20. The van der Waals surface area contributed by atoms with Crippen molar-refractivity contribution in [3.8, 4) is 6.07 Å². The average molecular weight is 792 g/mol. The number of hydrogen-bond acceptors (Lipinski definition) is 10. The fraction of sp³-hybridized carbons (Fsp3) is 0.174. The van der Waals surface area contributed by atoms with Gasteiger partial charge in [-0.25, -0.2) is 9.59 Å². The number of amides is 2. The average Bonchev–Trinajstić information content (AvgIpc) is 3.26. The largest absolute Gasteiger partial charge is 0.449 e. The van der Waals surface area contributed by atoms with E-state index in [1.54, 1.807) is 48.5 Å². The third-order valence-corrected chi connectivity index (χ3v) is 11.0. The highest BCUT2D eigenvalue weighted by molar-refractivity contribution is 8.00. The van der Waals surface area contributed by atoms with E-state index >= 15 is 0 Å². The van der Waals surface area contributed by atoms with Crippen molar-refractivity contribution in [3.05, 3.63) is 190 Å². The zero-order valence-corrected chi connectivity index (χ0v) is 32.0. The number of thioether (sulfide) groups is 1. The molecule has 11 nitrogen and oxygen atoms in total. The SMILES string of the molecule is CC(=O)OC(C#N)C1=C(C(=O)OC(c2ccccc2)c2ccccc2)N2C(=O)[C@H](NC(=O)Cc3ccccc3C(=O)OC(c3ccccc3)c3ccccc3)[C@H]2SC1. The lowest BCUT2D eigenvalue weighted by atomic mass is 9.98. The molecule has 0 radical (unpaired) electrons. The summed E-state index contributed by atoms with van der Waals surface area (Å²) in [6.45, 7) is 1.14. The molecule has 0 aliphatic carbocycles. The monoisotopic (exact) mass is 791 g/mol. The molecule has 2 aliphatic heterocycles. The summed E-state index contributed by atoms with van der Waals surface area (Å²) in [5, 5.41) is 12.1. The zero-order valence-electron chi connectivity index (χ0n) is 31.2. The second-order valence-electron chi connectivity index (χ2n) is 13.5. The summed E-state index contributed by atoms with van der Waals surface area (Å²) < 4.78 is 17.5. The molecule has 58 heavy (non-hydrogen) atoms. The summed E-state index contributed by atoms with van der Waals surface area (Å²) in [5.74, 6) is -3.41. The van der Waals surface area contributed by atoms with Crippen LogP contribution in [0.4, 0.5) is 0 Å². The maximum Gasteiger partial charge on any atom is 0.356 e. The molecule has 1 unspecified atom stereocenters. The number of esters is 3. The highest BCUT2D eigenvalue weighted by Gasteiger charge is 2.55. The highest BCUT2D eigenvalue weighted by atomic mass is 32.2. The van der Waals surface area contributed by atoms with Crippen LogP contribution in [-0.2, 0) is 39.8 Å². The number of fused-ring (bicyclic) bond motifs is 1. The molecule has 12 heteroatoms. The zero-order chi connectivity index (χ0) is 40.6. The molecule has 0 saturated carbocycles. The summed E-state index contributed by atoms with van der Waals surface area (Å²) in [4.78, 5) is 68.8. The minimum Gasteiger partial charge on any atom is -0.449 e. The van der Waals surface area contributed by atoms with E-state index in [2.05, 4.69) is 5.32 Å². The predicted octanol–water partition coefficient (Wildman–Crippen LogP) is 6.62. The van der Waals surface area contributed by atoms with E-state index in [9.17, 15) is 29.2 Å². The van der Waals surface area contributed by atoms with Gasteiger partial charge in [-0.1, -0.05) is 140 Å². The van der Waals surface area contributed by atoms with Crippen molar-refractivity contribution in [2.24, 2.45) is 0 Å². The van der Waals surface area contributed by atoms with E-state index in [4.69, 9.17) is 14.2 Å². The lowest BCUT2D eigenvalue weighted by molar-refractivity contribution is -0.155. The normalized spacial score (nSPS) is 16.4. The van der Waals surface area contributed by atoms with Crippen LogP contribution in [0.25, 0.3) is 0 Å². The van der Waals surface area contributed by atoms with E-state index in [1.165, 1.54) is 16.7 Å². The Labute approximate surface area is 339 Å². The molecule has 7 rings (SSSR count). The number of carbonyl (C=O) groups excluding carboxylic acids is 5. The van der Waals surface area contributed by atoms with Crippen molar-refractivity contribution in [1.29, 1.82) is 5.26 Å². The van der Waals surface area contributed by atoms with Crippen molar-refractivity contribution in [1.82, 2.24) is 10.2 Å². The van der Waals surface area contributed by atoms with Gasteiger partial charge in [0.05, 0.1) is 12.0 Å². The first-order chi connectivity index (χ1) is 28.2. The molecule has 290 valence electrons. The molecule has 5 aromatic rings. The van der Waals surface area contributed by atoms with Gasteiger partial charge < -0.3 is 19.5 Å². The standard InChI is InChI=1S/C46H37N3O8S/c1-29(50)55-37(27-47)36-28-58-44-39(43(52)49(44)40(36)46(54)57-42(32-20-10-4-11-21-32)33-22-12-5-13-23-33)48-38(51)26-34-24-14-15-25-35(34)45(53)56-41(30-16-6-2-7-17-30)31-18-8-3-9-19-31/h2-25,37,39,41-42,44H,26,28H2,1H3,(H,48,51)/t37?,39-,44+/m0/s1. The number of rotatable bonds is 13. The van der Waals surface area contributed by atoms with Crippen LogP contribution in [0.15, 0.2) is 157 Å². The maximum atomic E-state index is 14.3. The number of benzene rings is 5. The van der Waals surface area contributed by atoms with Gasteiger partial charge in [0.15, 0.2) is 12.2 Å². The van der Waals surface area contributed by atoms with Crippen molar-refractivity contribution >= 4 is 41.5 Å². The second kappa shape index (κ2) is 17.9. The lowest BCUT2D eigenvalue weighted by Crippen LogP contribution is -2.71. The molecule has 3 atom stereocenters. The van der Waals surface area contributed by atoms with Crippen LogP contribution in [0.2, 0.25) is 0 Å². The molecule has 0 spiro atoms. The number of nitrogens with one attached hydrogen (secondary N) is 1. The first kappa shape index (κ1) is 39.3. The van der Waals surface area contributed by atoms with Crippen LogP contribution in [0.5, 0.6) is 0 Å². The van der Waals surface area contributed by atoms with E-state index in [0.29, 0.717) is 16.7 Å². The van der Waals surface area contributed by atoms with Crippen molar-refractivity contribution in [3.63, 3.8) is 0 Å². The van der Waals surface area contributed by atoms with E-state index in [-0.39, 0.29) is 29.0 Å². The van der Waals surface area contributed by atoms with Gasteiger partial charge in [0.25, 0.3) is 5.91 Å². The second-order valence-corrected chi connectivity index (χ2v) is 14.6.